The van der Waals surface area contributed by atoms with Gasteiger partial charge in [0.05, 0.1) is 11.6 Å². The van der Waals surface area contributed by atoms with Gasteiger partial charge in [-0.1, -0.05) is 0 Å². The Hall–Kier alpha value is -4.23. The van der Waals surface area contributed by atoms with E-state index in [2.05, 4.69) is 0 Å². The molecule has 0 spiro atoms. The smallest absolute Gasteiger partial charge is 0.303 e. The summed E-state index contributed by atoms with van der Waals surface area (Å²) in [6.07, 6.45) is -4.31. The summed E-state index contributed by atoms with van der Waals surface area (Å²) in [6.45, 7) is 3.34. The van der Waals surface area contributed by atoms with Crippen molar-refractivity contribution >= 4 is 23.7 Å². The zero-order chi connectivity index (χ0) is 25.5. The van der Waals surface area contributed by atoms with Gasteiger partial charge in [0.25, 0.3) is 0 Å². The first-order valence-corrected chi connectivity index (χ1v) is 10.6. The van der Waals surface area contributed by atoms with Crippen LogP contribution in [0, 0.1) is 11.3 Å². The number of ketones is 1. The van der Waals surface area contributed by atoms with E-state index in [9.17, 15) is 19.2 Å². The highest BCUT2D eigenvalue weighted by Gasteiger charge is 2.51. The van der Waals surface area contributed by atoms with E-state index in [0.29, 0.717) is 22.4 Å². The molecular weight excluding hydrogens is 458 g/mol. The third-order valence-electron chi connectivity index (χ3n) is 4.97. The minimum atomic E-state index is -1.18. The maximum Gasteiger partial charge on any atom is 0.303 e. The number of nitrogens with zero attached hydrogens (tertiary/aromatic N) is 1. The molecule has 0 aliphatic carbocycles. The van der Waals surface area contributed by atoms with Crippen LogP contribution >= 0.6 is 0 Å². The number of carbonyl (C=O) groups is 4. The highest BCUT2D eigenvalue weighted by molar-refractivity contribution is 6.09. The molecule has 0 amide bonds. The standard InChI is InChI=1S/C25H23NO9/c1-14(27)31-13-21-23(32-15(2)28)24(33-16(3)29)25(35-21)34-20-10-8-19(9-11-20)22(30)18-6-4-17(12-26)5-7-18/h4-11,21,23-25H,13H2,1-3H3/t21-,23-,24+,25+/m1/s1. The summed E-state index contributed by atoms with van der Waals surface area (Å²) in [4.78, 5) is 47.2. The Kier molecular flexibility index (Phi) is 8.17. The lowest BCUT2D eigenvalue weighted by Crippen LogP contribution is -2.42. The van der Waals surface area contributed by atoms with E-state index < -0.39 is 42.5 Å². The van der Waals surface area contributed by atoms with Crippen LogP contribution in [0.2, 0.25) is 0 Å². The normalized spacial score (nSPS) is 20.9. The molecule has 2 aromatic rings. The van der Waals surface area contributed by atoms with E-state index in [4.69, 9.17) is 28.9 Å². The third kappa shape index (κ3) is 6.65. The Morgan fingerprint density at radius 2 is 1.37 bits per heavy atom. The van der Waals surface area contributed by atoms with Crippen molar-refractivity contribution in [1.29, 1.82) is 5.26 Å². The SMILES string of the molecule is CC(=O)OC[C@H]1O[C@H](Oc2ccc(C(=O)c3ccc(C#N)cc3)cc2)[C@@H](OC(C)=O)[C@@H]1OC(C)=O. The number of carbonyl (C=O) groups excluding carboxylic acids is 4. The predicted octanol–water partition coefficient (Wildman–Crippen LogP) is 2.32. The van der Waals surface area contributed by atoms with Crippen molar-refractivity contribution in [2.24, 2.45) is 0 Å². The summed E-state index contributed by atoms with van der Waals surface area (Å²) >= 11 is 0. The molecule has 3 rings (SSSR count). The average Bonchev–Trinajstić information content (AvgIpc) is 3.12. The Balaban J connectivity index is 1.77. The predicted molar refractivity (Wildman–Crippen MR) is 118 cm³/mol. The molecule has 1 saturated heterocycles. The van der Waals surface area contributed by atoms with Crippen LogP contribution in [-0.2, 0) is 33.3 Å². The van der Waals surface area contributed by atoms with Gasteiger partial charge >= 0.3 is 17.9 Å². The molecule has 0 unspecified atom stereocenters. The fourth-order valence-corrected chi connectivity index (χ4v) is 3.45. The molecule has 0 N–H and O–H groups in total. The fourth-order valence-electron chi connectivity index (χ4n) is 3.45. The molecule has 10 nitrogen and oxygen atoms in total. The topological polar surface area (TPSA) is 138 Å². The number of hydrogen-bond donors (Lipinski definition) is 0. The monoisotopic (exact) mass is 481 g/mol. The van der Waals surface area contributed by atoms with Crippen molar-refractivity contribution in [2.45, 2.75) is 45.4 Å². The Bertz CT molecular complexity index is 1140. The lowest BCUT2D eigenvalue weighted by Gasteiger charge is -2.23. The first-order chi connectivity index (χ1) is 16.7. The lowest BCUT2D eigenvalue weighted by molar-refractivity contribution is -0.170. The molecular formula is C25H23NO9. The molecule has 2 aromatic carbocycles. The van der Waals surface area contributed by atoms with Crippen molar-refractivity contribution in [1.82, 2.24) is 0 Å². The molecule has 1 fully saturated rings. The molecule has 0 bridgehead atoms. The van der Waals surface area contributed by atoms with Crippen LogP contribution in [0.1, 0.15) is 42.3 Å². The maximum absolute atomic E-state index is 12.7. The van der Waals surface area contributed by atoms with Gasteiger partial charge < -0.3 is 23.7 Å². The maximum atomic E-state index is 12.7. The van der Waals surface area contributed by atoms with Gasteiger partial charge in [0, 0.05) is 31.9 Å². The van der Waals surface area contributed by atoms with Crippen LogP contribution in [0.4, 0.5) is 0 Å². The molecule has 0 radical (unpaired) electrons. The van der Waals surface area contributed by atoms with Crippen LogP contribution < -0.4 is 4.74 Å². The third-order valence-corrected chi connectivity index (χ3v) is 4.97. The van der Waals surface area contributed by atoms with E-state index in [1.807, 2.05) is 6.07 Å². The van der Waals surface area contributed by atoms with Crippen molar-refractivity contribution < 1.29 is 42.9 Å². The number of nitriles is 1. The lowest BCUT2D eigenvalue weighted by atomic mass is 10.0. The molecule has 1 aliphatic heterocycles. The van der Waals surface area contributed by atoms with Crippen LogP contribution in [0.25, 0.3) is 0 Å². The molecule has 0 aromatic heterocycles. The first kappa shape index (κ1) is 25.4. The van der Waals surface area contributed by atoms with Crippen LogP contribution in [0.3, 0.4) is 0 Å². The molecule has 0 saturated carbocycles. The Morgan fingerprint density at radius 1 is 0.829 bits per heavy atom. The van der Waals surface area contributed by atoms with Gasteiger partial charge in [-0.15, -0.1) is 0 Å². The second kappa shape index (κ2) is 11.3. The zero-order valence-corrected chi connectivity index (χ0v) is 19.3. The largest absolute Gasteiger partial charge is 0.463 e. The van der Waals surface area contributed by atoms with Crippen LogP contribution in [-0.4, -0.2) is 54.9 Å². The van der Waals surface area contributed by atoms with Gasteiger partial charge in [-0.3, -0.25) is 19.2 Å². The molecule has 182 valence electrons. The van der Waals surface area contributed by atoms with Crippen molar-refractivity contribution in [3.8, 4) is 11.8 Å². The van der Waals surface area contributed by atoms with Crippen LogP contribution in [0.5, 0.6) is 5.75 Å². The van der Waals surface area contributed by atoms with E-state index in [1.54, 1.807) is 36.4 Å². The summed E-state index contributed by atoms with van der Waals surface area (Å²) < 4.78 is 27.2. The highest BCUT2D eigenvalue weighted by atomic mass is 16.7. The van der Waals surface area contributed by atoms with Gasteiger partial charge in [0.1, 0.15) is 18.5 Å². The summed E-state index contributed by atoms with van der Waals surface area (Å²) in [6, 6.07) is 14.4. The minimum absolute atomic E-state index is 0.243. The number of hydrogen-bond acceptors (Lipinski definition) is 10. The summed E-state index contributed by atoms with van der Waals surface area (Å²) in [5, 5.41) is 8.90. The number of esters is 3. The zero-order valence-electron chi connectivity index (χ0n) is 19.3. The Morgan fingerprint density at radius 3 is 1.89 bits per heavy atom. The fraction of sp³-hybridized carbons (Fsp3) is 0.320. The Labute approximate surface area is 201 Å². The average molecular weight is 481 g/mol. The summed E-state index contributed by atoms with van der Waals surface area (Å²) in [5.74, 6) is -1.81. The second-order valence-corrected chi connectivity index (χ2v) is 7.65. The number of rotatable bonds is 8. The van der Waals surface area contributed by atoms with Gasteiger partial charge in [-0.2, -0.15) is 5.26 Å². The summed E-state index contributed by atoms with van der Waals surface area (Å²) in [7, 11) is 0. The van der Waals surface area contributed by atoms with Crippen LogP contribution in [0.15, 0.2) is 48.5 Å². The number of benzene rings is 2. The minimum Gasteiger partial charge on any atom is -0.463 e. The second-order valence-electron chi connectivity index (χ2n) is 7.65. The molecule has 1 heterocycles. The number of ether oxygens (including phenoxy) is 5. The van der Waals surface area contributed by atoms with Gasteiger partial charge in [-0.05, 0) is 48.5 Å². The van der Waals surface area contributed by atoms with Crippen molar-refractivity contribution in [3.63, 3.8) is 0 Å². The van der Waals surface area contributed by atoms with E-state index in [-0.39, 0.29) is 12.4 Å². The van der Waals surface area contributed by atoms with Crippen molar-refractivity contribution in [2.75, 3.05) is 6.61 Å². The van der Waals surface area contributed by atoms with Gasteiger partial charge in [0.2, 0.25) is 12.4 Å². The van der Waals surface area contributed by atoms with Crippen molar-refractivity contribution in [3.05, 3.63) is 65.2 Å². The van der Waals surface area contributed by atoms with Gasteiger partial charge in [0.15, 0.2) is 11.9 Å². The van der Waals surface area contributed by atoms with E-state index in [0.717, 1.165) is 0 Å². The first-order valence-electron chi connectivity index (χ1n) is 10.6. The molecule has 1 aliphatic rings. The van der Waals surface area contributed by atoms with E-state index >= 15 is 0 Å². The molecule has 10 heteroatoms. The molecule has 35 heavy (non-hydrogen) atoms. The van der Waals surface area contributed by atoms with E-state index in [1.165, 1.54) is 32.9 Å². The highest BCUT2D eigenvalue weighted by Crippen LogP contribution is 2.30. The quantitative estimate of drug-likeness (QED) is 0.314. The molecule has 4 atom stereocenters. The summed E-state index contributed by atoms with van der Waals surface area (Å²) in [5.41, 5.74) is 1.25. The van der Waals surface area contributed by atoms with Gasteiger partial charge in [-0.25, -0.2) is 0 Å².